The molecule has 2 unspecified atom stereocenters. The Labute approximate surface area is 135 Å². The van der Waals surface area contributed by atoms with Gasteiger partial charge in [-0.3, -0.25) is 0 Å². The number of hydrogen-bond acceptors (Lipinski definition) is 4. The molecule has 0 radical (unpaired) electrons. The number of rotatable bonds is 3. The van der Waals surface area contributed by atoms with Crippen LogP contribution in [0.5, 0.6) is 0 Å². The number of carbonyl (C=O) groups is 1. The van der Waals surface area contributed by atoms with Crippen molar-refractivity contribution in [3.05, 3.63) is 42.7 Å². The molecular weight excluding hydrogens is 292 g/mol. The molecular formula is C17H20N4O2. The lowest BCUT2D eigenvalue weighted by Gasteiger charge is -2.25. The van der Waals surface area contributed by atoms with E-state index in [9.17, 15) is 9.90 Å². The monoisotopic (exact) mass is 312 g/mol. The number of benzene rings is 1. The maximum Gasteiger partial charge on any atom is 0.322 e. The summed E-state index contributed by atoms with van der Waals surface area (Å²) in [5.74, 6) is 0.925. The van der Waals surface area contributed by atoms with Gasteiger partial charge in [0.1, 0.15) is 0 Å². The molecule has 0 spiro atoms. The predicted octanol–water partition coefficient (Wildman–Crippen LogP) is 2.38. The zero-order chi connectivity index (χ0) is 16.2. The lowest BCUT2D eigenvalue weighted by Crippen LogP contribution is -2.42. The molecule has 1 aliphatic heterocycles. The Bertz CT molecular complexity index is 660. The molecule has 120 valence electrons. The van der Waals surface area contributed by atoms with Gasteiger partial charge in [-0.05, 0) is 12.3 Å². The minimum Gasteiger partial charge on any atom is -0.394 e. The Morgan fingerprint density at radius 3 is 2.65 bits per heavy atom. The first-order valence-electron chi connectivity index (χ1n) is 7.75. The number of likely N-dealkylation sites (tertiary alicyclic amines) is 1. The summed E-state index contributed by atoms with van der Waals surface area (Å²) < 4.78 is 0. The molecule has 1 saturated heterocycles. The average molecular weight is 312 g/mol. The molecule has 0 saturated carbocycles. The van der Waals surface area contributed by atoms with Crippen LogP contribution < -0.4 is 5.32 Å². The molecule has 1 aliphatic rings. The first kappa shape index (κ1) is 15.4. The highest BCUT2D eigenvalue weighted by Crippen LogP contribution is 2.24. The van der Waals surface area contributed by atoms with Crippen molar-refractivity contribution in [3.63, 3.8) is 0 Å². The average Bonchev–Trinajstić information content (AvgIpc) is 2.97. The molecule has 6 heteroatoms. The van der Waals surface area contributed by atoms with Gasteiger partial charge in [0.05, 0.1) is 30.7 Å². The van der Waals surface area contributed by atoms with Gasteiger partial charge >= 0.3 is 6.03 Å². The molecule has 23 heavy (non-hydrogen) atoms. The normalized spacial score (nSPS) is 20.5. The number of aromatic nitrogens is 2. The van der Waals surface area contributed by atoms with Crippen LogP contribution in [-0.2, 0) is 0 Å². The minimum absolute atomic E-state index is 0.0158. The van der Waals surface area contributed by atoms with Gasteiger partial charge in [-0.15, -0.1) is 0 Å². The second kappa shape index (κ2) is 6.75. The Kier molecular flexibility index (Phi) is 4.52. The minimum atomic E-state index is -0.218. The summed E-state index contributed by atoms with van der Waals surface area (Å²) in [6.07, 6.45) is 4.10. The van der Waals surface area contributed by atoms with E-state index in [-0.39, 0.29) is 18.7 Å². The summed E-state index contributed by atoms with van der Waals surface area (Å²) in [6, 6.07) is 9.32. The van der Waals surface area contributed by atoms with Crippen LogP contribution in [0.3, 0.4) is 0 Å². The summed E-state index contributed by atoms with van der Waals surface area (Å²) in [5.41, 5.74) is 1.48. The number of aliphatic hydroxyl groups is 1. The van der Waals surface area contributed by atoms with E-state index in [2.05, 4.69) is 15.3 Å². The number of amides is 2. The quantitative estimate of drug-likeness (QED) is 0.912. The summed E-state index contributed by atoms with van der Waals surface area (Å²) >= 11 is 0. The van der Waals surface area contributed by atoms with E-state index in [0.717, 1.165) is 12.0 Å². The summed E-state index contributed by atoms with van der Waals surface area (Å²) in [7, 11) is 0. The molecule has 1 aromatic heterocycles. The first-order chi connectivity index (χ1) is 11.2. The molecule has 2 atom stereocenters. The number of nitrogens with one attached hydrogen (secondary N) is 1. The van der Waals surface area contributed by atoms with Crippen LogP contribution in [0, 0.1) is 5.92 Å². The molecule has 2 heterocycles. The Balaban J connectivity index is 1.68. The van der Waals surface area contributed by atoms with E-state index in [1.807, 2.05) is 37.3 Å². The zero-order valence-corrected chi connectivity index (χ0v) is 13.0. The van der Waals surface area contributed by atoms with Crippen LogP contribution >= 0.6 is 0 Å². The molecule has 6 nitrogen and oxygen atoms in total. The van der Waals surface area contributed by atoms with Crippen LogP contribution in [-0.4, -0.2) is 45.2 Å². The highest BCUT2D eigenvalue weighted by molar-refractivity contribution is 5.89. The first-order valence-corrected chi connectivity index (χ1v) is 7.75. The van der Waals surface area contributed by atoms with E-state index in [4.69, 9.17) is 0 Å². The van der Waals surface area contributed by atoms with Gasteiger partial charge < -0.3 is 15.3 Å². The number of urea groups is 1. The van der Waals surface area contributed by atoms with Crippen molar-refractivity contribution in [3.8, 4) is 11.4 Å². The Morgan fingerprint density at radius 1 is 1.30 bits per heavy atom. The molecule has 3 rings (SSSR count). The van der Waals surface area contributed by atoms with Gasteiger partial charge in [0.15, 0.2) is 5.82 Å². The van der Waals surface area contributed by atoms with E-state index < -0.39 is 0 Å². The molecule has 0 aliphatic carbocycles. The maximum absolute atomic E-state index is 12.3. The number of nitrogens with zero attached hydrogens (tertiary/aromatic N) is 3. The van der Waals surface area contributed by atoms with Crippen LogP contribution in [0.15, 0.2) is 42.7 Å². The van der Waals surface area contributed by atoms with Crippen LogP contribution in [0.2, 0.25) is 0 Å². The summed E-state index contributed by atoms with van der Waals surface area (Å²) in [5, 5.41) is 12.2. The molecule has 1 aromatic carbocycles. The lowest BCUT2D eigenvalue weighted by molar-refractivity contribution is 0.152. The van der Waals surface area contributed by atoms with E-state index in [1.165, 1.54) is 0 Å². The second-order valence-corrected chi connectivity index (χ2v) is 5.80. The summed E-state index contributed by atoms with van der Waals surface area (Å²) in [6.45, 7) is 2.69. The van der Waals surface area contributed by atoms with Gasteiger partial charge in [0.25, 0.3) is 0 Å². The number of hydrogen-bond donors (Lipinski definition) is 2. The van der Waals surface area contributed by atoms with E-state index >= 15 is 0 Å². The highest BCUT2D eigenvalue weighted by atomic mass is 16.3. The van der Waals surface area contributed by atoms with Gasteiger partial charge in [0, 0.05) is 12.1 Å². The van der Waals surface area contributed by atoms with Crippen molar-refractivity contribution in [2.24, 2.45) is 5.92 Å². The topological polar surface area (TPSA) is 78.4 Å². The molecule has 2 N–H and O–H groups in total. The summed E-state index contributed by atoms with van der Waals surface area (Å²) in [4.78, 5) is 22.6. The van der Waals surface area contributed by atoms with Crippen molar-refractivity contribution in [2.45, 2.75) is 19.4 Å². The fraction of sp³-hybridized carbons (Fsp3) is 0.353. The predicted molar refractivity (Wildman–Crippen MR) is 87.8 cm³/mol. The molecule has 1 fully saturated rings. The number of anilines is 1. The molecule has 2 amide bonds. The van der Waals surface area contributed by atoms with Gasteiger partial charge in [-0.25, -0.2) is 14.8 Å². The number of carbonyl (C=O) groups excluding carboxylic acids is 1. The fourth-order valence-electron chi connectivity index (χ4n) is 2.86. The van der Waals surface area contributed by atoms with Crippen molar-refractivity contribution in [1.29, 1.82) is 0 Å². The van der Waals surface area contributed by atoms with E-state index in [1.54, 1.807) is 17.3 Å². The van der Waals surface area contributed by atoms with Gasteiger partial charge in [-0.1, -0.05) is 37.3 Å². The van der Waals surface area contributed by atoms with Crippen molar-refractivity contribution in [2.75, 3.05) is 18.5 Å². The Hall–Kier alpha value is -2.47. The molecule has 2 aromatic rings. The highest BCUT2D eigenvalue weighted by Gasteiger charge is 2.33. The third-order valence-corrected chi connectivity index (χ3v) is 4.27. The van der Waals surface area contributed by atoms with Crippen molar-refractivity contribution in [1.82, 2.24) is 14.9 Å². The van der Waals surface area contributed by atoms with E-state index in [0.29, 0.717) is 24.0 Å². The van der Waals surface area contributed by atoms with Crippen LogP contribution in [0.25, 0.3) is 11.4 Å². The maximum atomic E-state index is 12.3. The smallest absolute Gasteiger partial charge is 0.322 e. The fourth-order valence-corrected chi connectivity index (χ4v) is 2.86. The zero-order valence-electron chi connectivity index (χ0n) is 13.0. The van der Waals surface area contributed by atoms with Crippen LogP contribution in [0.1, 0.15) is 13.3 Å². The standard InChI is InChI=1S/C17H20N4O2/c1-12-7-8-21(15(12)11-22)17(23)20-14-9-18-16(19-10-14)13-5-3-2-4-6-13/h2-6,9-10,12,15,22H,7-8,11H2,1H3,(H,20,23). The van der Waals surface area contributed by atoms with Crippen molar-refractivity contribution < 1.29 is 9.90 Å². The molecule has 0 bridgehead atoms. The second-order valence-electron chi connectivity index (χ2n) is 5.80. The SMILES string of the molecule is CC1CCN(C(=O)Nc2cnc(-c3ccccc3)nc2)C1CO. The van der Waals surface area contributed by atoms with Crippen LogP contribution in [0.4, 0.5) is 10.5 Å². The Morgan fingerprint density at radius 2 is 2.00 bits per heavy atom. The third kappa shape index (κ3) is 3.32. The van der Waals surface area contributed by atoms with Gasteiger partial charge in [-0.2, -0.15) is 0 Å². The third-order valence-electron chi connectivity index (χ3n) is 4.27. The number of aliphatic hydroxyl groups excluding tert-OH is 1. The van der Waals surface area contributed by atoms with Gasteiger partial charge in [0.2, 0.25) is 0 Å². The van der Waals surface area contributed by atoms with Crippen molar-refractivity contribution >= 4 is 11.7 Å². The lowest BCUT2D eigenvalue weighted by atomic mass is 10.0. The largest absolute Gasteiger partial charge is 0.394 e.